The van der Waals surface area contributed by atoms with E-state index in [1.54, 1.807) is 30.6 Å². The minimum atomic E-state index is -1.06. The Bertz CT molecular complexity index is 1400. The van der Waals surface area contributed by atoms with Crippen LogP contribution in [0.5, 0.6) is 0 Å². The number of imidazole rings is 1. The quantitative estimate of drug-likeness (QED) is 0.209. The maximum absolute atomic E-state index is 13.6. The summed E-state index contributed by atoms with van der Waals surface area (Å²) >= 11 is 1.53. The monoisotopic (exact) mass is 529 g/mol. The maximum atomic E-state index is 13.6. The largest absolute Gasteiger partial charge is 0.480 e. The van der Waals surface area contributed by atoms with Crippen LogP contribution in [-0.2, 0) is 11.2 Å². The summed E-state index contributed by atoms with van der Waals surface area (Å²) in [6.45, 7) is 0. The number of aliphatic carboxylic acids is 1. The molecular formula is C30H28FN3O3S. The van der Waals surface area contributed by atoms with Crippen LogP contribution in [0.4, 0.5) is 4.39 Å². The Hall–Kier alpha value is -4.17. The number of hydrogen-bond donors (Lipinski definition) is 3. The predicted molar refractivity (Wildman–Crippen MR) is 150 cm³/mol. The molecule has 38 heavy (non-hydrogen) atoms. The summed E-state index contributed by atoms with van der Waals surface area (Å²) in [5.41, 5.74) is 4.50. The smallest absolute Gasteiger partial charge is 0.326 e. The van der Waals surface area contributed by atoms with E-state index in [2.05, 4.69) is 15.3 Å². The highest BCUT2D eigenvalue weighted by molar-refractivity contribution is 7.98. The molecule has 4 rings (SSSR count). The lowest BCUT2D eigenvalue weighted by atomic mass is 9.94. The van der Waals surface area contributed by atoms with Crippen LogP contribution in [0, 0.1) is 5.82 Å². The molecule has 0 aliphatic heterocycles. The van der Waals surface area contributed by atoms with Crippen LogP contribution < -0.4 is 5.32 Å². The van der Waals surface area contributed by atoms with Gasteiger partial charge in [0, 0.05) is 24.4 Å². The maximum Gasteiger partial charge on any atom is 0.326 e. The van der Waals surface area contributed by atoms with Gasteiger partial charge in [0.15, 0.2) is 0 Å². The highest BCUT2D eigenvalue weighted by atomic mass is 32.2. The van der Waals surface area contributed by atoms with Crippen molar-refractivity contribution in [1.82, 2.24) is 15.3 Å². The molecule has 0 unspecified atom stereocenters. The topological polar surface area (TPSA) is 95.1 Å². The van der Waals surface area contributed by atoms with Gasteiger partial charge in [-0.15, -0.1) is 0 Å². The first-order chi connectivity index (χ1) is 18.4. The number of H-pyrrole nitrogens is 1. The molecule has 6 nitrogen and oxygen atoms in total. The van der Waals surface area contributed by atoms with Gasteiger partial charge in [-0.1, -0.05) is 54.6 Å². The number of allylic oxidation sites excluding steroid dienone is 1. The Morgan fingerprint density at radius 1 is 1.11 bits per heavy atom. The summed E-state index contributed by atoms with van der Waals surface area (Å²) in [6.07, 6.45) is 8.15. The fraction of sp³-hybridized carbons (Fsp3) is 0.167. The molecule has 1 amide bonds. The molecule has 0 fully saturated rings. The van der Waals surface area contributed by atoms with E-state index in [0.29, 0.717) is 29.7 Å². The number of amides is 1. The first-order valence-corrected chi connectivity index (χ1v) is 13.5. The molecule has 3 N–H and O–H groups in total. The van der Waals surface area contributed by atoms with Gasteiger partial charge in [0.1, 0.15) is 17.7 Å². The van der Waals surface area contributed by atoms with Crippen molar-refractivity contribution in [3.05, 3.63) is 114 Å². The second kappa shape index (κ2) is 12.9. The third-order valence-electron chi connectivity index (χ3n) is 6.06. The van der Waals surface area contributed by atoms with Crippen molar-refractivity contribution >= 4 is 35.3 Å². The molecule has 0 aliphatic rings. The molecule has 0 saturated carbocycles. The van der Waals surface area contributed by atoms with E-state index in [1.165, 1.54) is 23.9 Å². The average molecular weight is 530 g/mol. The molecule has 0 bridgehead atoms. The van der Waals surface area contributed by atoms with Gasteiger partial charge in [0.25, 0.3) is 5.91 Å². The number of carboxylic acid groups (broad SMARTS) is 1. The second-order valence-corrected chi connectivity index (χ2v) is 9.69. The molecule has 8 heteroatoms. The fourth-order valence-corrected chi connectivity index (χ4v) is 4.58. The van der Waals surface area contributed by atoms with Gasteiger partial charge in [-0.05, 0) is 70.5 Å². The van der Waals surface area contributed by atoms with Gasteiger partial charge >= 0.3 is 5.97 Å². The third-order valence-corrected chi connectivity index (χ3v) is 6.70. The summed E-state index contributed by atoms with van der Waals surface area (Å²) in [4.78, 5) is 32.4. The van der Waals surface area contributed by atoms with Crippen LogP contribution in [0.2, 0.25) is 0 Å². The first-order valence-electron chi connectivity index (χ1n) is 12.1. The lowest BCUT2D eigenvalue weighted by Gasteiger charge is -2.17. The van der Waals surface area contributed by atoms with Crippen molar-refractivity contribution in [1.29, 1.82) is 0 Å². The minimum Gasteiger partial charge on any atom is -0.480 e. The van der Waals surface area contributed by atoms with Crippen molar-refractivity contribution in [3.63, 3.8) is 0 Å². The molecule has 3 aromatic carbocycles. The molecule has 1 atom stereocenters. The molecule has 0 radical (unpaired) electrons. The van der Waals surface area contributed by atoms with Gasteiger partial charge in [0.2, 0.25) is 0 Å². The van der Waals surface area contributed by atoms with Gasteiger partial charge < -0.3 is 15.4 Å². The molecule has 0 saturated heterocycles. The van der Waals surface area contributed by atoms with Gasteiger partial charge in [0.05, 0.1) is 0 Å². The number of aromatic nitrogens is 2. The summed E-state index contributed by atoms with van der Waals surface area (Å²) in [5.74, 6) is -0.430. The number of benzene rings is 3. The van der Waals surface area contributed by atoms with E-state index < -0.39 is 17.9 Å². The molecular weight excluding hydrogens is 501 g/mol. The summed E-state index contributed by atoms with van der Waals surface area (Å²) < 4.78 is 13.6. The number of halogens is 1. The summed E-state index contributed by atoms with van der Waals surface area (Å²) in [7, 11) is 0. The molecule has 1 heterocycles. The number of thioether (sulfide) groups is 1. The van der Waals surface area contributed by atoms with E-state index in [0.717, 1.165) is 28.1 Å². The Balaban J connectivity index is 1.74. The fourth-order valence-electron chi connectivity index (χ4n) is 4.11. The zero-order valence-electron chi connectivity index (χ0n) is 20.9. The van der Waals surface area contributed by atoms with Crippen LogP contribution in [0.1, 0.15) is 33.7 Å². The van der Waals surface area contributed by atoms with Gasteiger partial charge in [-0.2, -0.15) is 11.8 Å². The molecule has 1 aromatic heterocycles. The van der Waals surface area contributed by atoms with E-state index >= 15 is 0 Å². The van der Waals surface area contributed by atoms with E-state index in [1.807, 2.05) is 54.8 Å². The molecule has 0 aliphatic carbocycles. The van der Waals surface area contributed by atoms with Gasteiger partial charge in [-0.25, -0.2) is 14.2 Å². The van der Waals surface area contributed by atoms with Crippen molar-refractivity contribution in [2.45, 2.75) is 18.9 Å². The Kier molecular flexibility index (Phi) is 9.11. The highest BCUT2D eigenvalue weighted by Crippen LogP contribution is 2.28. The van der Waals surface area contributed by atoms with Crippen LogP contribution in [0.25, 0.3) is 22.8 Å². The van der Waals surface area contributed by atoms with Crippen molar-refractivity contribution in [3.8, 4) is 11.1 Å². The SMILES string of the molecule is CSCC[C@H](NC(=O)c1ccc(C=C(Cc2ncc[nH]2)c2ccc(F)cc2)cc1-c1ccccc1)C(=O)O. The number of carbonyl (C=O) groups is 2. The standard InChI is InChI=1S/C30H28FN3O3S/c1-38-16-13-27(30(36)37)34-29(35)25-12-7-20(18-26(25)22-5-3-2-4-6-22)17-23(19-28-32-14-15-33-28)21-8-10-24(31)11-9-21/h2-12,14-15,17-18,27H,13,16,19H2,1H3,(H,32,33)(H,34,35)(H,36,37)/t27-/m0/s1. The van der Waals surface area contributed by atoms with Crippen molar-refractivity contribution in [2.24, 2.45) is 0 Å². The number of carboxylic acids is 1. The van der Waals surface area contributed by atoms with E-state index in [9.17, 15) is 19.1 Å². The lowest BCUT2D eigenvalue weighted by Crippen LogP contribution is -2.41. The van der Waals surface area contributed by atoms with Crippen LogP contribution in [-0.4, -0.2) is 45.0 Å². The molecule has 0 spiro atoms. The van der Waals surface area contributed by atoms with Crippen LogP contribution >= 0.6 is 11.8 Å². The second-order valence-electron chi connectivity index (χ2n) is 8.71. The molecule has 4 aromatic rings. The van der Waals surface area contributed by atoms with Crippen molar-refractivity contribution < 1.29 is 19.1 Å². The number of rotatable bonds is 11. The number of nitrogens with one attached hydrogen (secondary N) is 2. The minimum absolute atomic E-state index is 0.315. The average Bonchev–Trinajstić information content (AvgIpc) is 3.44. The third kappa shape index (κ3) is 6.98. The predicted octanol–water partition coefficient (Wildman–Crippen LogP) is 5.94. The Labute approximate surface area is 225 Å². The normalized spacial score (nSPS) is 12.2. The van der Waals surface area contributed by atoms with Gasteiger partial charge in [-0.3, -0.25) is 4.79 Å². The Morgan fingerprint density at radius 2 is 1.87 bits per heavy atom. The number of aromatic amines is 1. The number of nitrogens with zero attached hydrogens (tertiary/aromatic N) is 1. The van der Waals surface area contributed by atoms with E-state index in [-0.39, 0.29) is 5.82 Å². The highest BCUT2D eigenvalue weighted by Gasteiger charge is 2.22. The number of carbonyl (C=O) groups excluding carboxylic acids is 1. The van der Waals surface area contributed by atoms with Crippen LogP contribution in [0.3, 0.4) is 0 Å². The van der Waals surface area contributed by atoms with Crippen LogP contribution in [0.15, 0.2) is 85.2 Å². The molecule has 194 valence electrons. The summed E-state index contributed by atoms with van der Waals surface area (Å²) in [6, 6.07) is 20.3. The zero-order chi connectivity index (χ0) is 26.9. The Morgan fingerprint density at radius 3 is 2.53 bits per heavy atom. The first kappa shape index (κ1) is 26.9. The number of hydrogen-bond acceptors (Lipinski definition) is 4. The summed E-state index contributed by atoms with van der Waals surface area (Å²) in [5, 5.41) is 12.3. The lowest BCUT2D eigenvalue weighted by molar-refractivity contribution is -0.139. The van der Waals surface area contributed by atoms with E-state index in [4.69, 9.17) is 0 Å². The zero-order valence-corrected chi connectivity index (χ0v) is 21.7. The van der Waals surface area contributed by atoms with Crippen molar-refractivity contribution in [2.75, 3.05) is 12.0 Å².